The Morgan fingerprint density at radius 3 is 1.32 bits per heavy atom. The van der Waals surface area contributed by atoms with Crippen LogP contribution < -0.4 is 5.73 Å². The molecule has 0 aliphatic carbocycles. The van der Waals surface area contributed by atoms with E-state index in [-0.39, 0.29) is 17.4 Å². The molecule has 0 spiro atoms. The van der Waals surface area contributed by atoms with Crippen molar-refractivity contribution in [1.29, 1.82) is 0 Å². The fourth-order valence-electron chi connectivity index (χ4n) is 2.39. The van der Waals surface area contributed by atoms with Crippen molar-refractivity contribution < 1.29 is 23.7 Å². The third-order valence-electron chi connectivity index (χ3n) is 4.79. The van der Waals surface area contributed by atoms with Gasteiger partial charge in [-0.3, -0.25) is 0 Å². The van der Waals surface area contributed by atoms with Gasteiger partial charge in [-0.2, -0.15) is 0 Å². The molecule has 0 aromatic heterocycles. The molecule has 2 N–H and O–H groups in total. The number of rotatable bonds is 13. The van der Waals surface area contributed by atoms with Crippen molar-refractivity contribution in [2.75, 3.05) is 35.0 Å². The summed E-state index contributed by atoms with van der Waals surface area (Å²) < 4.78 is 28.1. The minimum Gasteiger partial charge on any atom is -0.377 e. The number of ether oxygens (including phenoxy) is 5. The normalized spacial score (nSPS) is 19.2. The highest BCUT2D eigenvalue weighted by Gasteiger charge is 2.44. The van der Waals surface area contributed by atoms with Crippen LogP contribution in [0.3, 0.4) is 0 Å². The first-order chi connectivity index (χ1) is 11.4. The molecule has 0 radical (unpaired) electrons. The van der Waals surface area contributed by atoms with E-state index < -0.39 is 16.6 Å². The van der Waals surface area contributed by atoms with Gasteiger partial charge in [0.15, 0.2) is 11.1 Å². The summed E-state index contributed by atoms with van der Waals surface area (Å²) in [5, 5.41) is 0. The summed E-state index contributed by atoms with van der Waals surface area (Å²) in [4.78, 5) is 0. The largest absolute Gasteiger partial charge is 0.377 e. The van der Waals surface area contributed by atoms with Gasteiger partial charge in [-0.1, -0.05) is 31.0 Å². The van der Waals surface area contributed by atoms with E-state index in [1.165, 1.54) is 0 Å². The SMILES string of the molecule is COC(C)(OC)PC(C)C(N)(COC(C)C)C(C)PC(C)(OC)OC. The molecule has 152 valence electrons. The highest BCUT2D eigenvalue weighted by molar-refractivity contribution is 7.41. The van der Waals surface area contributed by atoms with Gasteiger partial charge in [0.1, 0.15) is 0 Å². The first-order valence-corrected chi connectivity index (χ1v) is 10.7. The van der Waals surface area contributed by atoms with E-state index >= 15 is 0 Å². The molecule has 0 saturated carbocycles. The molecule has 0 aliphatic heterocycles. The van der Waals surface area contributed by atoms with Gasteiger partial charge in [-0.25, -0.2) is 0 Å². The Bertz CT molecular complexity index is 350. The topological polar surface area (TPSA) is 72.2 Å². The van der Waals surface area contributed by atoms with Gasteiger partial charge < -0.3 is 29.4 Å². The van der Waals surface area contributed by atoms with E-state index in [1.54, 1.807) is 28.4 Å². The molecule has 4 atom stereocenters. The average molecular weight is 399 g/mol. The van der Waals surface area contributed by atoms with Crippen LogP contribution in [0.1, 0.15) is 41.5 Å². The van der Waals surface area contributed by atoms with E-state index in [2.05, 4.69) is 13.8 Å². The number of hydrogen-bond donors (Lipinski definition) is 1. The minimum absolute atomic E-state index is 0.112. The van der Waals surface area contributed by atoms with Crippen LogP contribution in [0.25, 0.3) is 0 Å². The van der Waals surface area contributed by atoms with Crippen LogP contribution in [0.5, 0.6) is 0 Å². The van der Waals surface area contributed by atoms with Crippen molar-refractivity contribution in [3.63, 3.8) is 0 Å². The zero-order valence-corrected chi connectivity index (χ0v) is 19.6. The van der Waals surface area contributed by atoms with Gasteiger partial charge in [0.2, 0.25) is 0 Å². The third-order valence-corrected chi connectivity index (χ3v) is 8.60. The molecule has 0 heterocycles. The number of nitrogens with two attached hydrogens (primary N) is 1. The molecule has 25 heavy (non-hydrogen) atoms. The van der Waals surface area contributed by atoms with Crippen LogP contribution >= 0.6 is 17.2 Å². The van der Waals surface area contributed by atoms with E-state index in [4.69, 9.17) is 29.4 Å². The van der Waals surface area contributed by atoms with Gasteiger partial charge in [0.05, 0.1) is 18.2 Å². The molecular formula is C17H39NO5P2. The van der Waals surface area contributed by atoms with Crippen molar-refractivity contribution in [3.05, 3.63) is 0 Å². The fraction of sp³-hybridized carbons (Fsp3) is 1.00. The number of hydrogen-bond acceptors (Lipinski definition) is 6. The maximum absolute atomic E-state index is 6.93. The maximum atomic E-state index is 6.93. The van der Waals surface area contributed by atoms with Gasteiger partial charge >= 0.3 is 0 Å². The van der Waals surface area contributed by atoms with Crippen LogP contribution in [-0.2, 0) is 23.7 Å². The highest BCUT2D eigenvalue weighted by atomic mass is 31.1. The molecule has 0 aliphatic rings. The molecule has 6 nitrogen and oxygen atoms in total. The zero-order chi connectivity index (χ0) is 19.9. The molecule has 0 saturated heterocycles. The Kier molecular flexibility index (Phi) is 11.1. The van der Waals surface area contributed by atoms with Gasteiger partial charge in [0.25, 0.3) is 0 Å². The van der Waals surface area contributed by atoms with Crippen LogP contribution in [0.2, 0.25) is 0 Å². The van der Waals surface area contributed by atoms with Crippen molar-refractivity contribution in [2.24, 2.45) is 5.73 Å². The molecule has 0 aromatic carbocycles. The average Bonchev–Trinajstić information content (AvgIpc) is 2.58. The van der Waals surface area contributed by atoms with Crippen LogP contribution in [0.4, 0.5) is 0 Å². The van der Waals surface area contributed by atoms with Crippen molar-refractivity contribution in [2.45, 2.75) is 75.6 Å². The second-order valence-electron chi connectivity index (χ2n) is 6.91. The van der Waals surface area contributed by atoms with Crippen molar-refractivity contribution in [3.8, 4) is 0 Å². The molecular weight excluding hydrogens is 360 g/mol. The molecule has 0 aromatic rings. The Labute approximate surface area is 157 Å². The van der Waals surface area contributed by atoms with Crippen LogP contribution in [0.15, 0.2) is 0 Å². The highest BCUT2D eigenvalue weighted by Crippen LogP contribution is 2.48. The Morgan fingerprint density at radius 1 is 0.760 bits per heavy atom. The van der Waals surface area contributed by atoms with Gasteiger partial charge in [-0.05, 0) is 39.0 Å². The zero-order valence-electron chi connectivity index (χ0n) is 17.6. The molecule has 4 unspecified atom stereocenters. The van der Waals surface area contributed by atoms with Gasteiger partial charge in [-0.15, -0.1) is 0 Å². The van der Waals surface area contributed by atoms with E-state index in [9.17, 15) is 0 Å². The lowest BCUT2D eigenvalue weighted by molar-refractivity contribution is -0.124. The van der Waals surface area contributed by atoms with Crippen molar-refractivity contribution in [1.82, 2.24) is 0 Å². The standard InChI is InChI=1S/C17H39NO5P2/c1-12(2)23-11-17(18,13(3)24-15(5,19-7)20-8)14(4)25-16(6,21-9)22-10/h12-14,24-25H,11,18H2,1-10H3. The molecule has 0 bridgehead atoms. The minimum atomic E-state index is -0.656. The first-order valence-electron chi connectivity index (χ1n) is 8.58. The third kappa shape index (κ3) is 7.63. The Balaban J connectivity index is 5.47. The fourth-order valence-corrected chi connectivity index (χ4v) is 5.81. The summed E-state index contributed by atoms with van der Waals surface area (Å²) in [7, 11) is 7.35. The Hall–Kier alpha value is 0.620. The summed E-state index contributed by atoms with van der Waals surface area (Å²) in [6.45, 7) is 12.6. The van der Waals surface area contributed by atoms with Crippen LogP contribution in [-0.4, -0.2) is 69.1 Å². The summed E-state index contributed by atoms with van der Waals surface area (Å²) in [6, 6.07) is 0. The second-order valence-corrected chi connectivity index (χ2v) is 11.0. The van der Waals surface area contributed by atoms with Gasteiger partial charge in [0, 0.05) is 28.4 Å². The molecule has 8 heteroatoms. The summed E-state index contributed by atoms with van der Waals surface area (Å²) >= 11 is 0. The maximum Gasteiger partial charge on any atom is 0.180 e. The van der Waals surface area contributed by atoms with E-state index in [0.717, 1.165) is 0 Å². The van der Waals surface area contributed by atoms with Crippen LogP contribution in [0, 0.1) is 0 Å². The van der Waals surface area contributed by atoms with Crippen molar-refractivity contribution >= 4 is 17.2 Å². The quantitative estimate of drug-likeness (QED) is 0.379. The molecule has 0 fully saturated rings. The summed E-state index contributed by atoms with van der Waals surface area (Å²) in [5.74, 6) is 0. The summed E-state index contributed by atoms with van der Waals surface area (Å²) in [6.07, 6.45) is 0.112. The Morgan fingerprint density at radius 2 is 1.08 bits per heavy atom. The predicted octanol–water partition coefficient (Wildman–Crippen LogP) is 3.18. The number of methoxy groups -OCH3 is 4. The first kappa shape index (κ1) is 25.6. The predicted molar refractivity (Wildman–Crippen MR) is 108 cm³/mol. The van der Waals surface area contributed by atoms with E-state index in [0.29, 0.717) is 23.8 Å². The lowest BCUT2D eigenvalue weighted by Gasteiger charge is -2.45. The molecule has 0 amide bonds. The smallest absolute Gasteiger partial charge is 0.180 e. The lowest BCUT2D eigenvalue weighted by atomic mass is 9.94. The monoisotopic (exact) mass is 399 g/mol. The van der Waals surface area contributed by atoms with E-state index in [1.807, 2.05) is 27.7 Å². The summed E-state index contributed by atoms with van der Waals surface area (Å²) in [5.41, 5.74) is 5.31. The molecule has 0 rings (SSSR count). The second kappa shape index (κ2) is 10.8. The lowest BCUT2D eigenvalue weighted by Crippen LogP contribution is -2.60.